The fourth-order valence-electron chi connectivity index (χ4n) is 8.47. The van der Waals surface area contributed by atoms with Crippen molar-refractivity contribution in [1.82, 2.24) is 19.9 Å². The molecule has 2 aromatic carbocycles. The number of rotatable bonds is 5. The molecule has 4 fully saturated rings. The fraction of sp³-hybridized carbons (Fsp3) is 0.457. The number of benzene rings is 2. The smallest absolute Gasteiger partial charge is 0.319 e. The molecule has 6 nitrogen and oxygen atoms in total. The molecule has 4 aliphatic rings. The highest BCUT2D eigenvalue weighted by molar-refractivity contribution is 6.03. The lowest BCUT2D eigenvalue weighted by Crippen LogP contribution is -2.43. The van der Waals surface area contributed by atoms with Crippen molar-refractivity contribution in [2.24, 2.45) is 11.8 Å². The molecule has 226 valence electrons. The van der Waals surface area contributed by atoms with Gasteiger partial charge in [-0.15, -0.1) is 6.42 Å². The second-order valence-corrected chi connectivity index (χ2v) is 13.2. The van der Waals surface area contributed by atoms with E-state index in [1.807, 2.05) is 19.1 Å². The van der Waals surface area contributed by atoms with Gasteiger partial charge < -0.3 is 9.64 Å². The first-order chi connectivity index (χ1) is 21.3. The van der Waals surface area contributed by atoms with E-state index in [1.165, 1.54) is 25.3 Å². The highest BCUT2D eigenvalue weighted by Crippen LogP contribution is 2.43. The number of hydrogen-bond donors (Lipinski definition) is 0. The lowest BCUT2D eigenvalue weighted by Gasteiger charge is -2.34. The number of fused-ring (bicyclic) bond motifs is 5. The number of anilines is 1. The van der Waals surface area contributed by atoms with Crippen LogP contribution in [0.2, 0.25) is 0 Å². The van der Waals surface area contributed by atoms with Crippen LogP contribution in [0.25, 0.3) is 32.9 Å². The maximum atomic E-state index is 16.9. The predicted octanol–water partition coefficient (Wildman–Crippen LogP) is 6.60. The quantitative estimate of drug-likeness (QED) is 0.242. The zero-order valence-corrected chi connectivity index (χ0v) is 24.8. The maximum absolute atomic E-state index is 16.9. The van der Waals surface area contributed by atoms with Gasteiger partial charge in [-0.1, -0.05) is 24.1 Å². The third-order valence-electron chi connectivity index (χ3n) is 10.5. The molecule has 0 spiro atoms. The number of piperidine rings is 1. The number of halogens is 3. The minimum atomic E-state index is -0.886. The average molecular weight is 598 g/mol. The Balaban J connectivity index is 1.28. The third-order valence-corrected chi connectivity index (χ3v) is 10.5. The largest absolute Gasteiger partial charge is 0.461 e. The van der Waals surface area contributed by atoms with Crippen molar-refractivity contribution in [3.8, 4) is 29.6 Å². The number of terminal acetylenes is 1. The molecular formula is C35H34F3N5O. The molecule has 9 heteroatoms. The minimum absolute atomic E-state index is 0.0497. The van der Waals surface area contributed by atoms with Crippen molar-refractivity contribution in [3.05, 3.63) is 53.2 Å². The molecule has 4 atom stereocenters. The lowest BCUT2D eigenvalue weighted by atomic mass is 9.92. The summed E-state index contributed by atoms with van der Waals surface area (Å²) in [5.74, 6) is 3.04. The third kappa shape index (κ3) is 4.33. The zero-order chi connectivity index (χ0) is 30.2. The summed E-state index contributed by atoms with van der Waals surface area (Å²) in [6.45, 7) is 5.01. The summed E-state index contributed by atoms with van der Waals surface area (Å²) in [5, 5.41) is 1.64. The highest BCUT2D eigenvalue weighted by Gasteiger charge is 2.49. The number of hydrogen-bond acceptors (Lipinski definition) is 6. The standard InChI is InChI=1S/C35H34F3N5O/c1-3-25-27(37)10-9-23-8-5-20(2)28(29(23)25)32-30(38)31-26(15-39-32)33(42-16-21-6-7-22(13-21)17-42)41-34(40-31)44-19-35-11-4-12-43(35)18-24(36)14-35/h1,5,8-10,15,21-22,24H,4,6-7,11-14,16-19H2,2H3/t21?,22?,24-,35+/m1/s1. The van der Waals surface area contributed by atoms with E-state index in [4.69, 9.17) is 16.1 Å². The second kappa shape index (κ2) is 10.3. The first-order valence-electron chi connectivity index (χ1n) is 15.7. The SMILES string of the molecule is C#Cc1c(F)ccc2ccc(C)c(-c3ncc4c(N5CC6CCC(C6)C5)nc(OC[C@@]56CCCN5C[C@H](F)C6)nc4c3F)c12. The molecule has 4 aromatic rings. The molecular weight excluding hydrogens is 563 g/mol. The molecule has 3 aliphatic heterocycles. The van der Waals surface area contributed by atoms with Gasteiger partial charge in [0, 0.05) is 43.2 Å². The normalized spacial score (nSPS) is 26.4. The van der Waals surface area contributed by atoms with Crippen LogP contribution in [0.5, 0.6) is 6.01 Å². The van der Waals surface area contributed by atoms with E-state index in [1.54, 1.807) is 12.3 Å². The van der Waals surface area contributed by atoms with Crippen LogP contribution in [0.1, 0.15) is 49.7 Å². The number of aryl methyl sites for hydroxylation is 1. The predicted molar refractivity (Wildman–Crippen MR) is 164 cm³/mol. The van der Waals surface area contributed by atoms with Gasteiger partial charge in [-0.2, -0.15) is 9.97 Å². The minimum Gasteiger partial charge on any atom is -0.461 e. The Hall–Kier alpha value is -3.90. The monoisotopic (exact) mass is 597 g/mol. The molecule has 0 N–H and O–H groups in total. The number of nitrogens with zero attached hydrogens (tertiary/aromatic N) is 5. The molecule has 5 heterocycles. The molecule has 44 heavy (non-hydrogen) atoms. The van der Waals surface area contributed by atoms with Gasteiger partial charge in [0.05, 0.1) is 16.5 Å². The van der Waals surface area contributed by atoms with E-state index < -0.39 is 17.8 Å². The zero-order valence-electron chi connectivity index (χ0n) is 24.8. The Kier molecular flexibility index (Phi) is 6.49. The van der Waals surface area contributed by atoms with Crippen LogP contribution in [0.3, 0.4) is 0 Å². The molecule has 0 radical (unpaired) electrons. The number of pyridine rings is 1. The summed E-state index contributed by atoms with van der Waals surface area (Å²) in [4.78, 5) is 18.5. The summed E-state index contributed by atoms with van der Waals surface area (Å²) < 4.78 is 52.5. The fourth-order valence-corrected chi connectivity index (χ4v) is 8.47. The van der Waals surface area contributed by atoms with Crippen LogP contribution in [0.15, 0.2) is 30.5 Å². The highest BCUT2D eigenvalue weighted by atomic mass is 19.1. The molecule has 2 aromatic heterocycles. The van der Waals surface area contributed by atoms with Crippen LogP contribution in [0, 0.1) is 42.7 Å². The van der Waals surface area contributed by atoms with E-state index in [0.717, 1.165) is 32.5 Å². The van der Waals surface area contributed by atoms with E-state index >= 15 is 4.39 Å². The topological polar surface area (TPSA) is 54.4 Å². The Labute approximate surface area is 254 Å². The first kappa shape index (κ1) is 27.6. The Morgan fingerprint density at radius 1 is 1.09 bits per heavy atom. The molecule has 1 aliphatic carbocycles. The van der Waals surface area contributed by atoms with Crippen LogP contribution < -0.4 is 9.64 Å². The Morgan fingerprint density at radius 3 is 2.68 bits per heavy atom. The van der Waals surface area contributed by atoms with Crippen molar-refractivity contribution in [3.63, 3.8) is 0 Å². The molecule has 0 amide bonds. The van der Waals surface area contributed by atoms with Gasteiger partial charge in [0.2, 0.25) is 0 Å². The molecule has 8 rings (SSSR count). The van der Waals surface area contributed by atoms with Crippen molar-refractivity contribution >= 4 is 27.5 Å². The summed E-state index contributed by atoms with van der Waals surface area (Å²) in [6, 6.07) is 6.75. The van der Waals surface area contributed by atoms with Crippen LogP contribution in [-0.2, 0) is 0 Å². The second-order valence-electron chi connectivity index (χ2n) is 13.2. The van der Waals surface area contributed by atoms with Crippen LogP contribution in [0.4, 0.5) is 19.0 Å². The Morgan fingerprint density at radius 2 is 1.89 bits per heavy atom. The summed E-state index contributed by atoms with van der Waals surface area (Å²) in [7, 11) is 0. The van der Waals surface area contributed by atoms with E-state index in [0.29, 0.717) is 57.9 Å². The first-order valence-corrected chi connectivity index (χ1v) is 15.7. The maximum Gasteiger partial charge on any atom is 0.319 e. The van der Waals surface area contributed by atoms with E-state index in [2.05, 4.69) is 25.7 Å². The van der Waals surface area contributed by atoms with Gasteiger partial charge in [0.1, 0.15) is 35.6 Å². The number of ether oxygens (including phenoxy) is 1. The average Bonchev–Trinajstić information content (AvgIpc) is 3.66. The molecule has 1 saturated carbocycles. The molecule has 2 bridgehead atoms. The number of alkyl halides is 1. The van der Waals surface area contributed by atoms with Gasteiger partial charge in [-0.05, 0) is 74.4 Å². The lowest BCUT2D eigenvalue weighted by molar-refractivity contribution is 0.107. The van der Waals surface area contributed by atoms with E-state index in [-0.39, 0.29) is 34.9 Å². The van der Waals surface area contributed by atoms with Crippen molar-refractivity contribution in [1.29, 1.82) is 0 Å². The summed E-state index contributed by atoms with van der Waals surface area (Å²) in [6.07, 6.45) is 12.3. The summed E-state index contributed by atoms with van der Waals surface area (Å²) >= 11 is 0. The Bertz CT molecular complexity index is 1840. The van der Waals surface area contributed by atoms with Crippen LogP contribution in [-0.4, -0.2) is 64.3 Å². The molecule has 3 saturated heterocycles. The van der Waals surface area contributed by atoms with Gasteiger partial charge in [0.15, 0.2) is 5.82 Å². The van der Waals surface area contributed by atoms with Crippen LogP contribution >= 0.6 is 0 Å². The van der Waals surface area contributed by atoms with E-state index in [9.17, 15) is 8.78 Å². The van der Waals surface area contributed by atoms with Gasteiger partial charge in [0.25, 0.3) is 0 Å². The van der Waals surface area contributed by atoms with Gasteiger partial charge in [-0.3, -0.25) is 9.88 Å². The van der Waals surface area contributed by atoms with Crippen molar-refractivity contribution < 1.29 is 17.9 Å². The van der Waals surface area contributed by atoms with Gasteiger partial charge >= 0.3 is 6.01 Å². The summed E-state index contributed by atoms with van der Waals surface area (Å²) in [5.41, 5.74) is 0.980. The van der Waals surface area contributed by atoms with Crippen molar-refractivity contribution in [2.75, 3.05) is 37.7 Å². The molecule has 2 unspecified atom stereocenters. The van der Waals surface area contributed by atoms with Crippen molar-refractivity contribution in [2.45, 2.75) is 57.2 Å². The van der Waals surface area contributed by atoms with Gasteiger partial charge in [-0.25, -0.2) is 13.2 Å². The number of aromatic nitrogens is 3.